The van der Waals surface area contributed by atoms with E-state index in [0.717, 1.165) is 0 Å². The first-order valence-corrected chi connectivity index (χ1v) is 6.68. The zero-order valence-corrected chi connectivity index (χ0v) is 10.6. The summed E-state index contributed by atoms with van der Waals surface area (Å²) in [5.74, 6) is 0. The second-order valence-corrected chi connectivity index (χ2v) is 5.70. The van der Waals surface area contributed by atoms with Gasteiger partial charge >= 0.3 is 0 Å². The maximum atomic E-state index is 11.8. The van der Waals surface area contributed by atoms with E-state index in [1.165, 1.54) is 30.7 Å². The van der Waals surface area contributed by atoms with Crippen molar-refractivity contribution in [2.24, 2.45) is 0 Å². The first-order valence-electron chi connectivity index (χ1n) is 4.45. The van der Waals surface area contributed by atoms with Crippen molar-refractivity contribution in [1.29, 1.82) is 0 Å². The number of anilines is 1. The summed E-state index contributed by atoms with van der Waals surface area (Å²) in [5, 5.41) is 0.660. The summed E-state index contributed by atoms with van der Waals surface area (Å²) in [4.78, 5) is 6.14. The molecule has 0 amide bonds. The minimum atomic E-state index is -3.69. The summed E-state index contributed by atoms with van der Waals surface area (Å²) < 4.78 is 26.0. The molecular formula is C9H7Cl2N3O2S. The Bertz CT molecular complexity index is 605. The Balaban J connectivity index is 2.33. The Morgan fingerprint density at radius 3 is 2.35 bits per heavy atom. The molecule has 0 aliphatic carbocycles. The van der Waals surface area contributed by atoms with Crippen LogP contribution in [-0.2, 0) is 10.0 Å². The predicted molar refractivity (Wildman–Crippen MR) is 65.9 cm³/mol. The van der Waals surface area contributed by atoms with Crippen molar-refractivity contribution in [3.8, 4) is 0 Å². The molecule has 0 fully saturated rings. The van der Waals surface area contributed by atoms with Crippen LogP contribution in [0.1, 0.15) is 0 Å². The SMILES string of the molecule is O=S(=O)(Nc1cc(Cl)cc(Cl)c1)c1cnc[nH]1. The Labute approximate surface area is 108 Å². The van der Waals surface area contributed by atoms with E-state index in [1.54, 1.807) is 0 Å². The Morgan fingerprint density at radius 1 is 1.18 bits per heavy atom. The number of rotatable bonds is 3. The molecule has 2 aromatic rings. The van der Waals surface area contributed by atoms with E-state index in [1.807, 2.05) is 0 Å². The highest BCUT2D eigenvalue weighted by molar-refractivity contribution is 7.92. The minimum Gasteiger partial charge on any atom is -0.334 e. The summed E-state index contributed by atoms with van der Waals surface area (Å²) in [6.07, 6.45) is 2.48. The number of H-pyrrole nitrogens is 1. The van der Waals surface area contributed by atoms with Crippen LogP contribution in [-0.4, -0.2) is 18.4 Å². The van der Waals surface area contributed by atoms with Gasteiger partial charge in [0.2, 0.25) is 0 Å². The molecule has 2 rings (SSSR count). The number of halogens is 2. The molecule has 0 spiro atoms. The van der Waals surface area contributed by atoms with E-state index in [-0.39, 0.29) is 10.7 Å². The number of imidazole rings is 1. The number of hydrogen-bond acceptors (Lipinski definition) is 3. The predicted octanol–water partition coefficient (Wildman–Crippen LogP) is 2.52. The summed E-state index contributed by atoms with van der Waals surface area (Å²) in [6, 6.07) is 4.43. The lowest BCUT2D eigenvalue weighted by Crippen LogP contribution is -2.13. The van der Waals surface area contributed by atoms with Gasteiger partial charge in [0, 0.05) is 10.0 Å². The molecule has 90 valence electrons. The van der Waals surface area contributed by atoms with E-state index in [2.05, 4.69) is 14.7 Å². The van der Waals surface area contributed by atoms with Crippen molar-refractivity contribution in [3.05, 3.63) is 40.8 Å². The molecule has 1 aromatic carbocycles. The van der Waals surface area contributed by atoms with E-state index >= 15 is 0 Å². The smallest absolute Gasteiger partial charge is 0.278 e. The maximum Gasteiger partial charge on any atom is 0.278 e. The third-order valence-corrected chi connectivity index (χ3v) is 3.62. The van der Waals surface area contributed by atoms with Gasteiger partial charge in [-0.2, -0.15) is 8.42 Å². The molecule has 0 atom stereocenters. The fourth-order valence-corrected chi connectivity index (χ4v) is 2.68. The molecule has 17 heavy (non-hydrogen) atoms. The Hall–Kier alpha value is -1.24. The molecule has 0 bridgehead atoms. The minimum absolute atomic E-state index is 0.0337. The second kappa shape index (κ2) is 4.56. The highest BCUT2D eigenvalue weighted by Crippen LogP contribution is 2.24. The molecule has 0 unspecified atom stereocenters. The lowest BCUT2D eigenvalue weighted by atomic mass is 10.3. The van der Waals surface area contributed by atoms with Crippen LogP contribution >= 0.6 is 23.2 Å². The van der Waals surface area contributed by atoms with E-state index in [9.17, 15) is 8.42 Å². The van der Waals surface area contributed by atoms with Crippen molar-refractivity contribution in [3.63, 3.8) is 0 Å². The molecule has 0 saturated carbocycles. The number of sulfonamides is 1. The number of benzene rings is 1. The maximum absolute atomic E-state index is 11.8. The largest absolute Gasteiger partial charge is 0.334 e. The zero-order valence-electron chi connectivity index (χ0n) is 8.31. The number of hydrogen-bond donors (Lipinski definition) is 2. The van der Waals surface area contributed by atoms with Crippen LogP contribution in [0.25, 0.3) is 0 Å². The van der Waals surface area contributed by atoms with E-state index in [4.69, 9.17) is 23.2 Å². The number of nitrogens with one attached hydrogen (secondary N) is 2. The average molecular weight is 292 g/mol. The first-order chi connectivity index (χ1) is 7.97. The van der Waals surface area contributed by atoms with Crippen LogP contribution < -0.4 is 4.72 Å². The van der Waals surface area contributed by atoms with Gasteiger partial charge in [-0.1, -0.05) is 23.2 Å². The van der Waals surface area contributed by atoms with Gasteiger partial charge in [0.25, 0.3) is 10.0 Å². The van der Waals surface area contributed by atoms with Crippen LogP contribution in [0.5, 0.6) is 0 Å². The van der Waals surface area contributed by atoms with Crippen molar-refractivity contribution in [2.75, 3.05) is 4.72 Å². The summed E-state index contributed by atoms with van der Waals surface area (Å²) in [6.45, 7) is 0. The number of nitrogens with zero attached hydrogens (tertiary/aromatic N) is 1. The topological polar surface area (TPSA) is 74.8 Å². The van der Waals surface area contributed by atoms with Gasteiger partial charge in [0.05, 0.1) is 18.2 Å². The number of aromatic nitrogens is 2. The number of aromatic amines is 1. The van der Waals surface area contributed by atoms with Crippen molar-refractivity contribution in [2.45, 2.75) is 5.03 Å². The molecule has 0 saturated heterocycles. The van der Waals surface area contributed by atoms with Gasteiger partial charge in [0.1, 0.15) is 0 Å². The highest BCUT2D eigenvalue weighted by Gasteiger charge is 2.15. The van der Waals surface area contributed by atoms with Crippen molar-refractivity contribution >= 4 is 38.9 Å². The quantitative estimate of drug-likeness (QED) is 0.912. The molecule has 8 heteroatoms. The Kier molecular flexibility index (Phi) is 3.28. The van der Waals surface area contributed by atoms with E-state index < -0.39 is 10.0 Å². The third-order valence-electron chi connectivity index (χ3n) is 1.88. The molecule has 1 aromatic heterocycles. The fourth-order valence-electron chi connectivity index (χ4n) is 1.21. The van der Waals surface area contributed by atoms with Gasteiger partial charge in [-0.3, -0.25) is 4.72 Å². The van der Waals surface area contributed by atoms with Gasteiger partial charge < -0.3 is 4.98 Å². The van der Waals surface area contributed by atoms with Crippen molar-refractivity contribution < 1.29 is 8.42 Å². The summed E-state index contributed by atoms with van der Waals surface area (Å²) in [7, 11) is -3.69. The van der Waals surface area contributed by atoms with Crippen LogP contribution in [0.2, 0.25) is 10.0 Å². The molecule has 5 nitrogen and oxygen atoms in total. The summed E-state index contributed by atoms with van der Waals surface area (Å²) in [5.41, 5.74) is 0.289. The van der Waals surface area contributed by atoms with Crippen LogP contribution in [0.3, 0.4) is 0 Å². The lowest BCUT2D eigenvalue weighted by molar-refractivity contribution is 0.598. The van der Waals surface area contributed by atoms with Gasteiger partial charge in [-0.25, -0.2) is 4.98 Å². The monoisotopic (exact) mass is 291 g/mol. The van der Waals surface area contributed by atoms with Crippen molar-refractivity contribution in [1.82, 2.24) is 9.97 Å². The van der Waals surface area contributed by atoms with Gasteiger partial charge in [-0.15, -0.1) is 0 Å². The molecule has 0 aliphatic heterocycles. The Morgan fingerprint density at radius 2 is 1.82 bits per heavy atom. The molecule has 1 heterocycles. The van der Waals surface area contributed by atoms with Crippen LogP contribution in [0, 0.1) is 0 Å². The molecule has 0 aliphatic rings. The fraction of sp³-hybridized carbons (Fsp3) is 0. The molecular weight excluding hydrogens is 285 g/mol. The summed E-state index contributed by atoms with van der Waals surface area (Å²) >= 11 is 11.5. The zero-order chi connectivity index (χ0) is 12.5. The normalized spacial score (nSPS) is 11.4. The highest BCUT2D eigenvalue weighted by atomic mass is 35.5. The van der Waals surface area contributed by atoms with Crippen LogP contribution in [0.15, 0.2) is 35.7 Å². The van der Waals surface area contributed by atoms with Gasteiger partial charge in [0.15, 0.2) is 5.03 Å². The standard InChI is InChI=1S/C9H7Cl2N3O2S/c10-6-1-7(11)3-8(2-6)14-17(15,16)9-4-12-5-13-9/h1-5,14H,(H,12,13). The second-order valence-electron chi connectivity index (χ2n) is 3.18. The first kappa shape index (κ1) is 12.2. The molecule has 2 N–H and O–H groups in total. The lowest BCUT2D eigenvalue weighted by Gasteiger charge is -2.06. The average Bonchev–Trinajstić information content (AvgIpc) is 2.67. The third kappa shape index (κ3) is 2.91. The molecule has 0 radical (unpaired) electrons. The van der Waals surface area contributed by atoms with E-state index in [0.29, 0.717) is 10.0 Å². The van der Waals surface area contributed by atoms with Crippen LogP contribution in [0.4, 0.5) is 5.69 Å². The van der Waals surface area contributed by atoms with Gasteiger partial charge in [-0.05, 0) is 18.2 Å².